The lowest BCUT2D eigenvalue weighted by atomic mass is 9.85. The summed E-state index contributed by atoms with van der Waals surface area (Å²) in [4.78, 5) is 11.3. The van der Waals surface area contributed by atoms with Crippen LogP contribution in [-0.4, -0.2) is 31.3 Å². The molecule has 82 valence electrons. The first kappa shape index (κ1) is 11.5. The van der Waals surface area contributed by atoms with Gasteiger partial charge in [-0.05, 0) is 5.41 Å². The second-order valence-electron chi connectivity index (χ2n) is 4.83. The molecule has 0 radical (unpaired) electrons. The summed E-state index contributed by atoms with van der Waals surface area (Å²) < 4.78 is 10.0. The fraction of sp³-hybridized carbons (Fsp3) is 0.900. The summed E-state index contributed by atoms with van der Waals surface area (Å²) >= 11 is 0. The molecule has 1 atom stereocenters. The van der Waals surface area contributed by atoms with E-state index in [1.54, 1.807) is 0 Å². The lowest BCUT2D eigenvalue weighted by Crippen LogP contribution is -2.41. The first-order valence-electron chi connectivity index (χ1n) is 4.92. The molecule has 0 aromatic rings. The van der Waals surface area contributed by atoms with Crippen LogP contribution in [0.1, 0.15) is 27.2 Å². The van der Waals surface area contributed by atoms with Gasteiger partial charge in [0.05, 0.1) is 19.6 Å². The molecule has 0 amide bonds. The molecule has 1 aliphatic rings. The van der Waals surface area contributed by atoms with Crippen LogP contribution in [0.15, 0.2) is 0 Å². The van der Waals surface area contributed by atoms with Crippen molar-refractivity contribution in [3.05, 3.63) is 0 Å². The minimum Gasteiger partial charge on any atom is -0.457 e. The molecule has 4 nitrogen and oxygen atoms in total. The lowest BCUT2D eigenvalue weighted by molar-refractivity contribution is -0.173. The Hall–Kier alpha value is -0.610. The van der Waals surface area contributed by atoms with Crippen molar-refractivity contribution in [2.45, 2.75) is 39.3 Å². The number of carbonyl (C=O) groups excluding carboxylic acids is 1. The van der Waals surface area contributed by atoms with E-state index in [1.165, 1.54) is 0 Å². The van der Waals surface area contributed by atoms with Crippen LogP contribution in [0.2, 0.25) is 0 Å². The summed E-state index contributed by atoms with van der Waals surface area (Å²) in [6.45, 7) is 7.08. The highest BCUT2D eigenvalue weighted by Crippen LogP contribution is 2.20. The Kier molecular flexibility index (Phi) is 3.50. The Morgan fingerprint density at radius 1 is 1.57 bits per heavy atom. The Morgan fingerprint density at radius 3 is 2.50 bits per heavy atom. The van der Waals surface area contributed by atoms with Gasteiger partial charge in [-0.15, -0.1) is 0 Å². The van der Waals surface area contributed by atoms with Crippen LogP contribution in [0.5, 0.6) is 0 Å². The van der Waals surface area contributed by atoms with Gasteiger partial charge in [0.1, 0.15) is 6.10 Å². The zero-order chi connectivity index (χ0) is 10.8. The van der Waals surface area contributed by atoms with Crippen LogP contribution >= 0.6 is 0 Å². The molecule has 1 aliphatic heterocycles. The van der Waals surface area contributed by atoms with Crippen LogP contribution < -0.4 is 5.73 Å². The van der Waals surface area contributed by atoms with E-state index >= 15 is 0 Å². The van der Waals surface area contributed by atoms with Crippen LogP contribution in [0.25, 0.3) is 0 Å². The van der Waals surface area contributed by atoms with Crippen LogP contribution in [-0.2, 0) is 14.3 Å². The maximum absolute atomic E-state index is 11.3. The molecule has 1 rings (SSSR count). The van der Waals surface area contributed by atoms with E-state index in [2.05, 4.69) is 0 Å². The van der Waals surface area contributed by atoms with Gasteiger partial charge in [-0.1, -0.05) is 20.8 Å². The molecule has 0 saturated carbocycles. The molecule has 1 unspecified atom stereocenters. The number of rotatable bonds is 3. The van der Waals surface area contributed by atoms with Crippen molar-refractivity contribution in [1.29, 1.82) is 0 Å². The summed E-state index contributed by atoms with van der Waals surface area (Å²) in [5, 5.41) is 0. The van der Waals surface area contributed by atoms with E-state index in [9.17, 15) is 4.79 Å². The number of carbonyl (C=O) groups is 1. The van der Waals surface area contributed by atoms with Gasteiger partial charge >= 0.3 is 5.97 Å². The van der Waals surface area contributed by atoms with Crippen molar-refractivity contribution in [1.82, 2.24) is 0 Å². The van der Waals surface area contributed by atoms with Gasteiger partial charge in [-0.2, -0.15) is 0 Å². The zero-order valence-corrected chi connectivity index (χ0v) is 9.08. The highest BCUT2D eigenvalue weighted by molar-refractivity contribution is 5.70. The normalized spacial score (nSPS) is 20.0. The number of ether oxygens (including phenoxy) is 2. The van der Waals surface area contributed by atoms with Crippen LogP contribution in [0.3, 0.4) is 0 Å². The molecule has 14 heavy (non-hydrogen) atoms. The molecule has 4 heteroatoms. The third-order valence-electron chi connectivity index (χ3n) is 2.40. The molecule has 0 aromatic carbocycles. The monoisotopic (exact) mass is 201 g/mol. The topological polar surface area (TPSA) is 61.6 Å². The van der Waals surface area contributed by atoms with Crippen LogP contribution in [0, 0.1) is 5.41 Å². The Balaban J connectivity index is 2.25. The largest absolute Gasteiger partial charge is 0.457 e. The highest BCUT2D eigenvalue weighted by Gasteiger charge is 2.27. The molecule has 0 bridgehead atoms. The van der Waals surface area contributed by atoms with E-state index in [4.69, 9.17) is 15.2 Å². The number of nitrogens with two attached hydrogens (primary N) is 1. The molecule has 0 aliphatic carbocycles. The predicted octanol–water partition coefficient (Wildman–Crippen LogP) is 0.692. The van der Waals surface area contributed by atoms with E-state index in [-0.39, 0.29) is 30.0 Å². The summed E-state index contributed by atoms with van der Waals surface area (Å²) in [7, 11) is 0. The van der Waals surface area contributed by atoms with E-state index in [0.29, 0.717) is 13.2 Å². The third-order valence-corrected chi connectivity index (χ3v) is 2.40. The summed E-state index contributed by atoms with van der Waals surface area (Å²) in [5.74, 6) is -0.222. The first-order chi connectivity index (χ1) is 6.39. The average Bonchev–Trinajstić information content (AvgIpc) is 1.95. The Morgan fingerprint density at radius 2 is 2.14 bits per heavy atom. The van der Waals surface area contributed by atoms with Gasteiger partial charge in [0.15, 0.2) is 0 Å². The van der Waals surface area contributed by atoms with E-state index in [1.807, 2.05) is 20.8 Å². The molecule has 1 saturated heterocycles. The maximum atomic E-state index is 11.3. The smallest absolute Gasteiger partial charge is 0.307 e. The molecule has 1 fully saturated rings. The minimum atomic E-state index is -0.222. The standard InChI is InChI=1S/C10H19NO3/c1-10(2,3)8(11)4-9(12)14-7-5-13-6-7/h7-8H,4-6,11H2,1-3H3. The summed E-state index contributed by atoms with van der Waals surface area (Å²) in [6.07, 6.45) is 0.231. The molecule has 0 spiro atoms. The van der Waals surface area contributed by atoms with Gasteiger partial charge < -0.3 is 15.2 Å². The minimum absolute atomic E-state index is 0.0466. The Labute approximate surface area is 84.7 Å². The Bertz CT molecular complexity index is 206. The third kappa shape index (κ3) is 3.27. The van der Waals surface area contributed by atoms with Crippen molar-refractivity contribution < 1.29 is 14.3 Å². The summed E-state index contributed by atoms with van der Waals surface area (Å²) in [5.41, 5.74) is 5.79. The van der Waals surface area contributed by atoms with Gasteiger partial charge in [0, 0.05) is 6.04 Å². The van der Waals surface area contributed by atoms with Crippen molar-refractivity contribution in [3.63, 3.8) is 0 Å². The second kappa shape index (κ2) is 4.28. The van der Waals surface area contributed by atoms with Crippen molar-refractivity contribution >= 4 is 5.97 Å². The lowest BCUT2D eigenvalue weighted by Gasteiger charge is -2.29. The number of hydrogen-bond acceptors (Lipinski definition) is 4. The maximum Gasteiger partial charge on any atom is 0.307 e. The molecular formula is C10H19NO3. The molecular weight excluding hydrogens is 182 g/mol. The number of hydrogen-bond donors (Lipinski definition) is 1. The SMILES string of the molecule is CC(C)(C)C(N)CC(=O)OC1COC1. The van der Waals surface area contributed by atoms with Gasteiger partial charge in [0.2, 0.25) is 0 Å². The van der Waals surface area contributed by atoms with Crippen molar-refractivity contribution in [3.8, 4) is 0 Å². The van der Waals surface area contributed by atoms with Crippen LogP contribution in [0.4, 0.5) is 0 Å². The average molecular weight is 201 g/mol. The predicted molar refractivity (Wildman–Crippen MR) is 52.7 cm³/mol. The van der Waals surface area contributed by atoms with Gasteiger partial charge in [-0.25, -0.2) is 0 Å². The fourth-order valence-corrected chi connectivity index (χ4v) is 1.00. The first-order valence-corrected chi connectivity index (χ1v) is 4.92. The van der Waals surface area contributed by atoms with Crippen molar-refractivity contribution in [2.75, 3.05) is 13.2 Å². The second-order valence-corrected chi connectivity index (χ2v) is 4.83. The van der Waals surface area contributed by atoms with E-state index in [0.717, 1.165) is 0 Å². The summed E-state index contributed by atoms with van der Waals surface area (Å²) in [6, 6.07) is -0.156. The van der Waals surface area contributed by atoms with E-state index < -0.39 is 0 Å². The fourth-order valence-electron chi connectivity index (χ4n) is 1.00. The van der Waals surface area contributed by atoms with Gasteiger partial charge in [-0.3, -0.25) is 4.79 Å². The number of esters is 1. The van der Waals surface area contributed by atoms with Gasteiger partial charge in [0.25, 0.3) is 0 Å². The molecule has 1 heterocycles. The zero-order valence-electron chi connectivity index (χ0n) is 9.08. The quantitative estimate of drug-likeness (QED) is 0.682. The van der Waals surface area contributed by atoms with Crippen molar-refractivity contribution in [2.24, 2.45) is 11.1 Å². The molecule has 0 aromatic heterocycles. The molecule has 2 N–H and O–H groups in total. The highest BCUT2D eigenvalue weighted by atomic mass is 16.6.